The summed E-state index contributed by atoms with van der Waals surface area (Å²) < 4.78 is 55.1. The van der Waals surface area contributed by atoms with Crippen molar-refractivity contribution in [1.82, 2.24) is 0 Å². The van der Waals surface area contributed by atoms with Gasteiger partial charge < -0.3 is 9.84 Å². The monoisotopic (exact) mass is 316 g/mol. The molecule has 17 heavy (non-hydrogen) atoms. The first-order chi connectivity index (χ1) is 7.72. The number of halogens is 5. The SMILES string of the molecule is Oc1ccc(OCCC(F)(F)C(F)(F)Br)cc1. The molecule has 2 nitrogen and oxygen atoms in total. The largest absolute Gasteiger partial charge is 0.508 e. The van der Waals surface area contributed by atoms with Crippen molar-refractivity contribution < 1.29 is 27.4 Å². The number of ether oxygens (including phenoxy) is 1. The lowest BCUT2D eigenvalue weighted by Gasteiger charge is -2.21. The van der Waals surface area contributed by atoms with E-state index < -0.39 is 23.8 Å². The molecular weight excluding hydrogens is 308 g/mol. The smallest absolute Gasteiger partial charge is 0.363 e. The average molecular weight is 317 g/mol. The number of phenols is 1. The molecule has 96 valence electrons. The molecule has 0 saturated carbocycles. The molecule has 0 aliphatic rings. The maximum absolute atomic E-state index is 12.8. The summed E-state index contributed by atoms with van der Waals surface area (Å²) in [6.45, 7) is -0.557. The summed E-state index contributed by atoms with van der Waals surface area (Å²) in [5, 5.41) is 8.94. The van der Waals surface area contributed by atoms with Crippen LogP contribution in [0, 0.1) is 0 Å². The number of aromatic hydroxyl groups is 1. The molecule has 0 heterocycles. The van der Waals surface area contributed by atoms with Crippen LogP contribution in [0.15, 0.2) is 24.3 Å². The zero-order chi connectivity index (χ0) is 13.1. The molecule has 0 unspecified atom stereocenters. The van der Waals surface area contributed by atoms with Crippen molar-refractivity contribution in [1.29, 1.82) is 0 Å². The molecule has 0 aliphatic heterocycles. The lowest BCUT2D eigenvalue weighted by Crippen LogP contribution is -2.36. The van der Waals surface area contributed by atoms with Crippen molar-refractivity contribution >= 4 is 15.9 Å². The molecule has 0 aliphatic carbocycles. The highest BCUT2D eigenvalue weighted by atomic mass is 79.9. The van der Waals surface area contributed by atoms with E-state index in [2.05, 4.69) is 0 Å². The van der Waals surface area contributed by atoms with Gasteiger partial charge in [0.2, 0.25) is 0 Å². The number of hydrogen-bond donors (Lipinski definition) is 1. The van der Waals surface area contributed by atoms with Gasteiger partial charge in [0.05, 0.1) is 13.0 Å². The third kappa shape index (κ3) is 4.07. The maximum Gasteiger partial charge on any atom is 0.363 e. The molecular formula is C10H9BrF4O2. The minimum atomic E-state index is -4.25. The van der Waals surface area contributed by atoms with Gasteiger partial charge in [0, 0.05) is 0 Å². The Morgan fingerprint density at radius 1 is 1.12 bits per heavy atom. The highest BCUT2D eigenvalue weighted by Gasteiger charge is 2.53. The molecule has 0 aromatic heterocycles. The molecule has 1 aromatic carbocycles. The molecule has 1 N–H and O–H groups in total. The van der Waals surface area contributed by atoms with E-state index in [9.17, 15) is 17.6 Å². The first-order valence-corrected chi connectivity index (χ1v) is 5.38. The molecule has 1 aromatic rings. The van der Waals surface area contributed by atoms with Crippen LogP contribution in [0.25, 0.3) is 0 Å². The van der Waals surface area contributed by atoms with E-state index in [0.717, 1.165) is 0 Å². The second kappa shape index (κ2) is 5.12. The van der Waals surface area contributed by atoms with Crippen LogP contribution in [0.3, 0.4) is 0 Å². The fraction of sp³-hybridized carbons (Fsp3) is 0.400. The summed E-state index contributed by atoms with van der Waals surface area (Å²) in [6, 6.07) is 5.29. The quantitative estimate of drug-likeness (QED) is 0.661. The van der Waals surface area contributed by atoms with E-state index in [1.165, 1.54) is 24.3 Å². The lowest BCUT2D eigenvalue weighted by atomic mass is 10.2. The number of rotatable bonds is 5. The first kappa shape index (κ1) is 14.1. The van der Waals surface area contributed by atoms with E-state index in [-0.39, 0.29) is 11.5 Å². The Morgan fingerprint density at radius 2 is 1.65 bits per heavy atom. The van der Waals surface area contributed by atoms with Crippen LogP contribution < -0.4 is 4.74 Å². The minimum absolute atomic E-state index is 0.00493. The van der Waals surface area contributed by atoms with Crippen molar-refractivity contribution in [2.45, 2.75) is 17.2 Å². The lowest BCUT2D eigenvalue weighted by molar-refractivity contribution is -0.154. The van der Waals surface area contributed by atoms with Crippen molar-refractivity contribution in [3.05, 3.63) is 24.3 Å². The van der Waals surface area contributed by atoms with Crippen molar-refractivity contribution in [2.75, 3.05) is 6.61 Å². The van der Waals surface area contributed by atoms with Crippen molar-refractivity contribution in [3.8, 4) is 11.5 Å². The average Bonchev–Trinajstić information content (AvgIpc) is 2.19. The second-order valence-corrected chi connectivity index (χ2v) is 4.29. The standard InChI is InChI=1S/C10H9BrF4O2/c11-10(14,15)9(12,13)5-6-17-8-3-1-7(16)2-4-8/h1-4,16H,5-6H2. The van der Waals surface area contributed by atoms with E-state index >= 15 is 0 Å². The Balaban J connectivity index is 2.45. The zero-order valence-corrected chi connectivity index (χ0v) is 10.1. The molecule has 0 bridgehead atoms. The number of phenolic OH excluding ortho intramolecular Hbond substituents is 1. The predicted molar refractivity (Wildman–Crippen MR) is 57.0 cm³/mol. The van der Waals surface area contributed by atoms with Crippen LogP contribution in [0.5, 0.6) is 11.5 Å². The fourth-order valence-electron chi connectivity index (χ4n) is 0.981. The molecule has 0 radical (unpaired) electrons. The highest BCUT2D eigenvalue weighted by Crippen LogP contribution is 2.41. The molecule has 0 fully saturated rings. The van der Waals surface area contributed by atoms with Gasteiger partial charge >= 0.3 is 10.8 Å². The Hall–Kier alpha value is -0.980. The van der Waals surface area contributed by atoms with E-state index in [4.69, 9.17) is 9.84 Å². The number of benzene rings is 1. The van der Waals surface area contributed by atoms with Gasteiger partial charge in [-0.2, -0.15) is 17.6 Å². The van der Waals surface area contributed by atoms with Crippen LogP contribution in [-0.4, -0.2) is 22.5 Å². The van der Waals surface area contributed by atoms with Gasteiger partial charge in [0.1, 0.15) is 11.5 Å². The third-order valence-corrected chi connectivity index (χ3v) is 2.52. The Kier molecular flexibility index (Phi) is 4.24. The Labute approximate surface area is 103 Å². The predicted octanol–water partition coefficient (Wildman–Crippen LogP) is 3.78. The van der Waals surface area contributed by atoms with E-state index in [1.54, 1.807) is 15.9 Å². The maximum atomic E-state index is 12.8. The normalized spacial score (nSPS) is 12.5. The molecule has 0 spiro atoms. The van der Waals surface area contributed by atoms with Crippen LogP contribution in [0.1, 0.15) is 6.42 Å². The van der Waals surface area contributed by atoms with Gasteiger partial charge in [0.25, 0.3) is 0 Å². The molecule has 0 atom stereocenters. The van der Waals surface area contributed by atoms with Gasteiger partial charge in [-0.1, -0.05) is 0 Å². The summed E-state index contributed by atoms with van der Waals surface area (Å²) in [5.74, 6) is -3.96. The van der Waals surface area contributed by atoms with Crippen LogP contribution in [0.4, 0.5) is 17.6 Å². The Bertz CT molecular complexity index is 362. The summed E-state index contributed by atoms with van der Waals surface area (Å²) in [4.78, 5) is -4.25. The summed E-state index contributed by atoms with van der Waals surface area (Å²) >= 11 is 1.62. The van der Waals surface area contributed by atoms with Crippen LogP contribution >= 0.6 is 15.9 Å². The molecule has 1 rings (SSSR count). The van der Waals surface area contributed by atoms with Crippen molar-refractivity contribution in [2.24, 2.45) is 0 Å². The van der Waals surface area contributed by atoms with Gasteiger partial charge in [0.15, 0.2) is 0 Å². The molecule has 0 amide bonds. The third-order valence-electron chi connectivity index (χ3n) is 1.94. The van der Waals surface area contributed by atoms with E-state index in [1.807, 2.05) is 0 Å². The number of alkyl halides is 5. The van der Waals surface area contributed by atoms with Gasteiger partial charge in [-0.3, -0.25) is 0 Å². The second-order valence-electron chi connectivity index (χ2n) is 3.29. The van der Waals surface area contributed by atoms with Gasteiger partial charge in [-0.15, -0.1) is 0 Å². The minimum Gasteiger partial charge on any atom is -0.508 e. The van der Waals surface area contributed by atoms with Gasteiger partial charge in [-0.05, 0) is 40.2 Å². The molecule has 0 saturated heterocycles. The summed E-state index contributed by atoms with van der Waals surface area (Å²) in [7, 11) is 0. The van der Waals surface area contributed by atoms with Crippen LogP contribution in [0.2, 0.25) is 0 Å². The summed E-state index contributed by atoms with van der Waals surface area (Å²) in [6.07, 6.45) is -1.12. The summed E-state index contributed by atoms with van der Waals surface area (Å²) in [5.41, 5.74) is 0. The van der Waals surface area contributed by atoms with Gasteiger partial charge in [-0.25, -0.2) is 0 Å². The zero-order valence-electron chi connectivity index (χ0n) is 8.47. The van der Waals surface area contributed by atoms with Crippen molar-refractivity contribution in [3.63, 3.8) is 0 Å². The number of hydrogen-bond acceptors (Lipinski definition) is 2. The first-order valence-electron chi connectivity index (χ1n) is 4.59. The van der Waals surface area contributed by atoms with Crippen LogP contribution in [-0.2, 0) is 0 Å². The Morgan fingerprint density at radius 3 is 2.12 bits per heavy atom. The molecule has 7 heteroatoms. The topological polar surface area (TPSA) is 29.5 Å². The highest BCUT2D eigenvalue weighted by molar-refractivity contribution is 9.10. The van der Waals surface area contributed by atoms with E-state index in [0.29, 0.717) is 0 Å². The fourth-order valence-corrected chi connectivity index (χ4v) is 1.18.